The van der Waals surface area contributed by atoms with Gasteiger partial charge in [0.2, 0.25) is 0 Å². The van der Waals surface area contributed by atoms with E-state index in [1.165, 1.54) is 51.7 Å². The second-order valence-electron chi connectivity index (χ2n) is 6.64. The lowest BCUT2D eigenvalue weighted by Crippen LogP contribution is -2.47. The van der Waals surface area contributed by atoms with Gasteiger partial charge in [0.05, 0.1) is 0 Å². The minimum Gasteiger partial charge on any atom is -0.396 e. The molecule has 0 aromatic heterocycles. The fourth-order valence-corrected chi connectivity index (χ4v) is 3.50. The van der Waals surface area contributed by atoms with Gasteiger partial charge in [0, 0.05) is 26.2 Å². The third-order valence-electron chi connectivity index (χ3n) is 5.13. The quantitative estimate of drug-likeness (QED) is 0.606. The smallest absolute Gasteiger partial charge is 0.0434 e. The maximum Gasteiger partial charge on any atom is 0.0434 e. The second kappa shape index (κ2) is 9.75. The molecule has 0 radical (unpaired) electrons. The summed E-state index contributed by atoms with van der Waals surface area (Å²) in [6, 6.07) is 0. The van der Waals surface area contributed by atoms with E-state index >= 15 is 0 Å². The highest BCUT2D eigenvalue weighted by molar-refractivity contribution is 4.85. The number of piperidine rings is 1. The van der Waals surface area contributed by atoms with E-state index in [-0.39, 0.29) is 0 Å². The standard InChI is InChI=1S/C17H36N2O/c1-4-10-18-14-17(5-2,6-3)15-19-11-7-8-16(13-19)9-12-20/h16,18,20H,4-15H2,1-3H3. The number of rotatable bonds is 10. The molecule has 1 saturated heterocycles. The van der Waals surface area contributed by atoms with Gasteiger partial charge in [-0.25, -0.2) is 0 Å². The lowest BCUT2D eigenvalue weighted by molar-refractivity contribution is 0.0854. The molecule has 1 aliphatic rings. The number of aliphatic hydroxyl groups is 1. The van der Waals surface area contributed by atoms with Gasteiger partial charge in [-0.15, -0.1) is 0 Å². The zero-order valence-electron chi connectivity index (χ0n) is 14.0. The minimum absolute atomic E-state index is 0.350. The van der Waals surface area contributed by atoms with Gasteiger partial charge >= 0.3 is 0 Å². The first-order valence-corrected chi connectivity index (χ1v) is 8.73. The lowest BCUT2D eigenvalue weighted by atomic mass is 9.80. The number of nitrogens with one attached hydrogen (secondary N) is 1. The first-order valence-electron chi connectivity index (χ1n) is 8.73. The first kappa shape index (κ1) is 17.9. The van der Waals surface area contributed by atoms with Crippen molar-refractivity contribution in [1.29, 1.82) is 0 Å². The Labute approximate surface area is 126 Å². The molecule has 0 amide bonds. The van der Waals surface area contributed by atoms with Gasteiger partial charge in [-0.2, -0.15) is 0 Å². The molecule has 0 aromatic carbocycles. The van der Waals surface area contributed by atoms with E-state index in [9.17, 15) is 0 Å². The van der Waals surface area contributed by atoms with Gasteiger partial charge in [0.15, 0.2) is 0 Å². The number of aliphatic hydroxyl groups excluding tert-OH is 1. The zero-order chi connectivity index (χ0) is 14.8. The summed E-state index contributed by atoms with van der Waals surface area (Å²) >= 11 is 0. The van der Waals surface area contributed by atoms with Crippen LogP contribution < -0.4 is 5.32 Å². The van der Waals surface area contributed by atoms with Crippen LogP contribution in [0.25, 0.3) is 0 Å². The van der Waals surface area contributed by atoms with Crippen LogP contribution in [0.15, 0.2) is 0 Å². The molecule has 0 spiro atoms. The summed E-state index contributed by atoms with van der Waals surface area (Å²) in [7, 11) is 0. The van der Waals surface area contributed by atoms with E-state index in [1.54, 1.807) is 0 Å². The number of hydrogen-bond donors (Lipinski definition) is 2. The van der Waals surface area contributed by atoms with Crippen molar-refractivity contribution in [3.63, 3.8) is 0 Å². The Bertz CT molecular complexity index is 239. The zero-order valence-corrected chi connectivity index (χ0v) is 14.0. The average Bonchev–Trinajstić information content (AvgIpc) is 2.47. The molecule has 1 atom stereocenters. The molecule has 0 aromatic rings. The molecular formula is C17H36N2O. The van der Waals surface area contributed by atoms with Crippen molar-refractivity contribution in [2.75, 3.05) is 39.3 Å². The normalized spacial score (nSPS) is 21.3. The Morgan fingerprint density at radius 1 is 1.25 bits per heavy atom. The molecule has 1 rings (SSSR count). The van der Waals surface area contributed by atoms with E-state index in [1.807, 2.05) is 0 Å². The fourth-order valence-electron chi connectivity index (χ4n) is 3.50. The minimum atomic E-state index is 0.350. The predicted octanol–water partition coefficient (Wildman–Crippen LogP) is 2.89. The van der Waals surface area contributed by atoms with Gasteiger partial charge in [0.1, 0.15) is 0 Å². The molecule has 0 saturated carbocycles. The van der Waals surface area contributed by atoms with Gasteiger partial charge in [-0.3, -0.25) is 0 Å². The summed E-state index contributed by atoms with van der Waals surface area (Å²) in [5, 5.41) is 12.8. The monoisotopic (exact) mass is 284 g/mol. The number of hydrogen-bond acceptors (Lipinski definition) is 3. The lowest BCUT2D eigenvalue weighted by Gasteiger charge is -2.41. The molecule has 20 heavy (non-hydrogen) atoms. The summed E-state index contributed by atoms with van der Waals surface area (Å²) in [5.41, 5.74) is 0.427. The Balaban J connectivity index is 2.50. The van der Waals surface area contributed by atoms with Crippen LogP contribution >= 0.6 is 0 Å². The summed E-state index contributed by atoms with van der Waals surface area (Å²) < 4.78 is 0. The first-order chi connectivity index (χ1) is 9.69. The van der Waals surface area contributed by atoms with E-state index < -0.39 is 0 Å². The highest BCUT2D eigenvalue weighted by atomic mass is 16.3. The molecule has 1 fully saturated rings. The summed E-state index contributed by atoms with van der Waals surface area (Å²) in [4.78, 5) is 2.66. The van der Waals surface area contributed by atoms with E-state index in [0.717, 1.165) is 19.5 Å². The fraction of sp³-hybridized carbons (Fsp3) is 1.00. The largest absolute Gasteiger partial charge is 0.396 e. The van der Waals surface area contributed by atoms with Crippen LogP contribution in [0.4, 0.5) is 0 Å². The van der Waals surface area contributed by atoms with Crippen molar-refractivity contribution >= 4 is 0 Å². The molecule has 1 heterocycles. The van der Waals surface area contributed by atoms with E-state index in [0.29, 0.717) is 17.9 Å². The van der Waals surface area contributed by atoms with Gasteiger partial charge in [0.25, 0.3) is 0 Å². The van der Waals surface area contributed by atoms with E-state index in [2.05, 4.69) is 31.0 Å². The topological polar surface area (TPSA) is 35.5 Å². The molecule has 0 bridgehead atoms. The number of likely N-dealkylation sites (tertiary alicyclic amines) is 1. The van der Waals surface area contributed by atoms with Crippen molar-refractivity contribution in [2.24, 2.45) is 11.3 Å². The van der Waals surface area contributed by atoms with E-state index in [4.69, 9.17) is 5.11 Å². The second-order valence-corrected chi connectivity index (χ2v) is 6.64. The Kier molecular flexibility index (Phi) is 8.74. The molecular weight excluding hydrogens is 248 g/mol. The Morgan fingerprint density at radius 2 is 2.00 bits per heavy atom. The van der Waals surface area contributed by atoms with Crippen LogP contribution in [0.1, 0.15) is 59.3 Å². The van der Waals surface area contributed by atoms with Crippen molar-refractivity contribution in [3.05, 3.63) is 0 Å². The third-order valence-corrected chi connectivity index (χ3v) is 5.13. The predicted molar refractivity (Wildman–Crippen MR) is 87.0 cm³/mol. The van der Waals surface area contributed by atoms with Crippen LogP contribution in [0.3, 0.4) is 0 Å². The van der Waals surface area contributed by atoms with Crippen molar-refractivity contribution in [2.45, 2.75) is 59.3 Å². The maximum absolute atomic E-state index is 9.14. The molecule has 1 aliphatic heterocycles. The maximum atomic E-state index is 9.14. The Morgan fingerprint density at radius 3 is 2.60 bits per heavy atom. The SMILES string of the molecule is CCCNCC(CC)(CC)CN1CCCC(CCO)C1. The summed E-state index contributed by atoms with van der Waals surface area (Å²) in [6.07, 6.45) is 7.30. The number of nitrogens with zero attached hydrogens (tertiary/aromatic N) is 1. The average molecular weight is 284 g/mol. The molecule has 120 valence electrons. The van der Waals surface area contributed by atoms with Crippen LogP contribution in [-0.4, -0.2) is 49.3 Å². The summed E-state index contributed by atoms with van der Waals surface area (Å²) in [5.74, 6) is 0.712. The van der Waals surface area contributed by atoms with Crippen molar-refractivity contribution in [3.8, 4) is 0 Å². The van der Waals surface area contributed by atoms with Gasteiger partial charge in [-0.1, -0.05) is 20.8 Å². The molecule has 0 aliphatic carbocycles. The molecule has 2 N–H and O–H groups in total. The van der Waals surface area contributed by atoms with Crippen LogP contribution in [-0.2, 0) is 0 Å². The van der Waals surface area contributed by atoms with Crippen molar-refractivity contribution < 1.29 is 5.11 Å². The molecule has 3 heteroatoms. The van der Waals surface area contributed by atoms with Crippen molar-refractivity contribution in [1.82, 2.24) is 10.2 Å². The molecule has 1 unspecified atom stereocenters. The summed E-state index contributed by atoms with van der Waals surface area (Å²) in [6.45, 7) is 13.2. The Hall–Kier alpha value is -0.120. The van der Waals surface area contributed by atoms with Crippen LogP contribution in [0.2, 0.25) is 0 Å². The third kappa shape index (κ3) is 5.71. The van der Waals surface area contributed by atoms with Crippen LogP contribution in [0.5, 0.6) is 0 Å². The highest BCUT2D eigenvalue weighted by Crippen LogP contribution is 2.29. The van der Waals surface area contributed by atoms with Gasteiger partial charge < -0.3 is 15.3 Å². The van der Waals surface area contributed by atoms with Gasteiger partial charge in [-0.05, 0) is 62.9 Å². The molecule has 3 nitrogen and oxygen atoms in total. The van der Waals surface area contributed by atoms with Crippen LogP contribution in [0, 0.1) is 11.3 Å². The highest BCUT2D eigenvalue weighted by Gasteiger charge is 2.30.